The number of hydrogen-bond donors (Lipinski definition) is 1. The van der Waals surface area contributed by atoms with E-state index in [1.54, 1.807) is 13.0 Å². The van der Waals surface area contributed by atoms with E-state index >= 15 is 0 Å². The van der Waals surface area contributed by atoms with Crippen molar-refractivity contribution in [2.75, 3.05) is 19.7 Å². The topological polar surface area (TPSA) is 50.3 Å². The molecule has 150 valence electrons. The van der Waals surface area contributed by atoms with Crippen LogP contribution in [0, 0.1) is 12.7 Å². The second-order valence-corrected chi connectivity index (χ2v) is 8.07. The molecule has 0 amide bonds. The molecule has 1 saturated heterocycles. The number of benzene rings is 1. The summed E-state index contributed by atoms with van der Waals surface area (Å²) in [6, 6.07) is 4.07. The van der Waals surface area contributed by atoms with E-state index in [-0.39, 0.29) is 19.0 Å². The van der Waals surface area contributed by atoms with E-state index in [2.05, 4.69) is 16.8 Å². The van der Waals surface area contributed by atoms with Crippen LogP contribution in [0.4, 0.5) is 4.39 Å². The smallest absolute Gasteiger partial charge is 0.326 e. The van der Waals surface area contributed by atoms with Gasteiger partial charge in [0.25, 0.3) is 0 Å². The lowest BCUT2D eigenvalue weighted by Gasteiger charge is -2.41. The van der Waals surface area contributed by atoms with E-state index < -0.39 is 0 Å². The molecule has 1 aliphatic carbocycles. The number of aromatic amines is 1. The molecule has 2 heterocycles. The first kappa shape index (κ1) is 18.7. The Morgan fingerprint density at radius 1 is 1.15 bits per heavy atom. The fraction of sp³-hybridized carbons (Fsp3) is 0.667. The van der Waals surface area contributed by atoms with Crippen molar-refractivity contribution < 1.29 is 10.6 Å². The first-order chi connectivity index (χ1) is 13.1. The lowest BCUT2D eigenvalue weighted by atomic mass is 9.90. The summed E-state index contributed by atoms with van der Waals surface area (Å²) < 4.78 is 21.4. The number of nitrogens with one attached hydrogen (secondary N) is 1. The molecule has 2 aliphatic rings. The molecule has 2 fully saturated rings. The lowest BCUT2D eigenvalue weighted by molar-refractivity contribution is 0.00796. The summed E-state index contributed by atoms with van der Waals surface area (Å²) in [4.78, 5) is 17.9. The number of imidazole rings is 1. The number of nitrogens with zero attached hydrogens (tertiary/aromatic N) is 2. The second kappa shape index (κ2) is 7.76. The number of likely N-dealkylation sites (tertiary alicyclic amines) is 1. The van der Waals surface area contributed by atoms with Crippen molar-refractivity contribution in [3.63, 3.8) is 0 Å². The summed E-state index contributed by atoms with van der Waals surface area (Å²) in [7, 11) is 0. The Morgan fingerprint density at radius 2 is 1.85 bits per heavy atom. The fourth-order valence-corrected chi connectivity index (χ4v) is 4.93. The number of aromatic nitrogens is 2. The first-order valence-corrected chi connectivity index (χ1v) is 10.3. The van der Waals surface area contributed by atoms with Crippen molar-refractivity contribution in [2.24, 2.45) is 0 Å². The zero-order valence-corrected chi connectivity index (χ0v) is 16.3. The summed E-state index contributed by atoms with van der Waals surface area (Å²) in [5, 5.41) is 0. The van der Waals surface area contributed by atoms with Crippen LogP contribution >= 0.6 is 0 Å². The average molecular weight is 378 g/mol. The van der Waals surface area contributed by atoms with Gasteiger partial charge in [0.15, 0.2) is 0 Å². The molecule has 1 saturated carbocycles. The second-order valence-electron chi connectivity index (χ2n) is 8.07. The number of rotatable bonds is 4. The number of piperidine rings is 1. The van der Waals surface area contributed by atoms with Gasteiger partial charge < -0.3 is 14.6 Å². The third-order valence-electron chi connectivity index (χ3n) is 6.42. The first-order valence-electron chi connectivity index (χ1n) is 10.3. The molecule has 6 heteroatoms. The zero-order chi connectivity index (χ0) is 19.0. The van der Waals surface area contributed by atoms with E-state index in [4.69, 9.17) is 4.74 Å². The minimum atomic E-state index is -0.270. The highest BCUT2D eigenvalue weighted by atomic mass is 19.1. The van der Waals surface area contributed by atoms with E-state index in [1.165, 1.54) is 18.9 Å². The molecule has 1 aromatic heterocycles. The third kappa shape index (κ3) is 3.69. The molecule has 0 atom stereocenters. The van der Waals surface area contributed by atoms with Gasteiger partial charge in [0.1, 0.15) is 5.82 Å². The highest BCUT2D eigenvalue weighted by Gasteiger charge is 2.30. The Morgan fingerprint density at radius 3 is 2.52 bits per heavy atom. The van der Waals surface area contributed by atoms with Crippen molar-refractivity contribution in [2.45, 2.75) is 70.6 Å². The number of H-pyrrole nitrogens is 1. The quantitative estimate of drug-likeness (QED) is 0.876. The number of fused-ring (bicyclic) bond motifs is 1. The molecule has 2 aromatic rings. The zero-order valence-electron chi connectivity index (χ0n) is 16.3. The van der Waals surface area contributed by atoms with E-state index in [1.807, 2.05) is 4.57 Å². The van der Waals surface area contributed by atoms with Gasteiger partial charge >= 0.3 is 5.69 Å². The number of hydrogen-bond acceptors (Lipinski definition) is 3. The van der Waals surface area contributed by atoms with E-state index in [0.717, 1.165) is 50.9 Å². The summed E-state index contributed by atoms with van der Waals surface area (Å²) in [6.45, 7) is 6.67. The molecule has 1 aromatic carbocycles. The van der Waals surface area contributed by atoms with Crippen LogP contribution in [0.2, 0.25) is 0 Å². The molecule has 5 nitrogen and oxygen atoms in total. The van der Waals surface area contributed by atoms with Crippen LogP contribution in [0.1, 0.15) is 58.5 Å². The van der Waals surface area contributed by atoms with Gasteiger partial charge in [-0.2, -0.15) is 0 Å². The summed E-state index contributed by atoms with van der Waals surface area (Å²) >= 11 is 0. The molecular weight excluding hydrogens is 345 g/mol. The van der Waals surface area contributed by atoms with Gasteiger partial charge in [-0.3, -0.25) is 4.57 Å². The Labute approximate surface area is 161 Å². The average Bonchev–Trinajstić information content (AvgIpc) is 2.98. The van der Waals surface area contributed by atoms with Crippen LogP contribution < -0.4 is 5.69 Å². The summed E-state index contributed by atoms with van der Waals surface area (Å²) in [5.74, 6) is -0.270. The van der Waals surface area contributed by atoms with Crippen molar-refractivity contribution >= 4 is 11.0 Å². The highest BCUT2D eigenvalue weighted by molar-refractivity contribution is 5.76. The van der Waals surface area contributed by atoms with E-state index in [9.17, 15) is 9.18 Å². The van der Waals surface area contributed by atoms with Gasteiger partial charge in [-0.1, -0.05) is 0 Å². The van der Waals surface area contributed by atoms with Gasteiger partial charge in [-0.15, -0.1) is 0 Å². The fourth-order valence-electron chi connectivity index (χ4n) is 4.93. The lowest BCUT2D eigenvalue weighted by Crippen LogP contribution is -2.45. The van der Waals surface area contributed by atoms with Crippen molar-refractivity contribution in [3.8, 4) is 0 Å². The van der Waals surface area contributed by atoms with Crippen LogP contribution in [-0.4, -0.2) is 46.3 Å². The van der Waals surface area contributed by atoms with E-state index in [0.29, 0.717) is 23.2 Å². The molecule has 4 rings (SSSR count). The van der Waals surface area contributed by atoms with Crippen molar-refractivity contribution in [3.05, 3.63) is 34.0 Å². The molecular formula is C21H32FN3O2. The van der Waals surface area contributed by atoms with Gasteiger partial charge in [-0.25, -0.2) is 9.18 Å². The van der Waals surface area contributed by atoms with Gasteiger partial charge in [0.05, 0.1) is 17.1 Å². The van der Waals surface area contributed by atoms with Crippen LogP contribution in [0.3, 0.4) is 0 Å². The predicted molar refractivity (Wildman–Crippen MR) is 107 cm³/mol. The Bertz CT molecular complexity index is 849. The van der Waals surface area contributed by atoms with Gasteiger partial charge in [0, 0.05) is 33.2 Å². The standard InChI is InChI=1S/C21H30FN3O2.H2/c1-3-27-17-6-4-15(5-7-17)24-10-8-16(9-11-24)25-20-12-14(2)18(22)13-19(20)23-21(25)26;/h12-13,15-17H,3-11H2,1-2H3,(H,23,26);1H. The van der Waals surface area contributed by atoms with Crippen LogP contribution in [0.5, 0.6) is 0 Å². The molecule has 0 bridgehead atoms. The maximum absolute atomic E-state index is 13.8. The Hall–Kier alpha value is -1.66. The largest absolute Gasteiger partial charge is 0.379 e. The number of ether oxygens (including phenoxy) is 1. The Kier molecular flexibility index (Phi) is 5.37. The SMILES string of the molecule is CCOC1CCC(N2CCC(n3c(=O)[nH]c4cc(F)c(C)cc43)CC2)CC1.[HH]. The maximum atomic E-state index is 13.8. The van der Waals surface area contributed by atoms with Crippen LogP contribution in [-0.2, 0) is 4.74 Å². The third-order valence-corrected chi connectivity index (χ3v) is 6.42. The van der Waals surface area contributed by atoms with Crippen molar-refractivity contribution in [1.82, 2.24) is 14.5 Å². The minimum Gasteiger partial charge on any atom is -0.379 e. The maximum Gasteiger partial charge on any atom is 0.326 e. The predicted octanol–water partition coefficient (Wildman–Crippen LogP) is 4.01. The molecule has 1 aliphatic heterocycles. The molecule has 1 N–H and O–H groups in total. The highest BCUT2D eigenvalue weighted by Crippen LogP contribution is 2.31. The molecule has 27 heavy (non-hydrogen) atoms. The Balaban J connectivity index is 0.00000225. The molecule has 0 radical (unpaired) electrons. The normalized spacial score (nSPS) is 25.3. The van der Waals surface area contributed by atoms with Crippen LogP contribution in [0.25, 0.3) is 11.0 Å². The van der Waals surface area contributed by atoms with Crippen LogP contribution in [0.15, 0.2) is 16.9 Å². The van der Waals surface area contributed by atoms with Crippen molar-refractivity contribution in [1.29, 1.82) is 0 Å². The van der Waals surface area contributed by atoms with Gasteiger partial charge in [0.2, 0.25) is 0 Å². The summed E-state index contributed by atoms with van der Waals surface area (Å²) in [6.07, 6.45) is 7.11. The molecule has 0 unspecified atom stereocenters. The summed E-state index contributed by atoms with van der Waals surface area (Å²) in [5.41, 5.74) is 1.89. The number of aryl methyl sites for hydroxylation is 1. The number of halogens is 1. The minimum absolute atomic E-state index is 0. The van der Waals surface area contributed by atoms with Gasteiger partial charge in [-0.05, 0) is 70.1 Å². The molecule has 0 spiro atoms. The monoisotopic (exact) mass is 377 g/mol.